The Bertz CT molecular complexity index is 520. The molecule has 0 fully saturated rings. The Morgan fingerprint density at radius 2 is 1.67 bits per heavy atom. The number of benzene rings is 1. The van der Waals surface area contributed by atoms with Crippen molar-refractivity contribution in [2.24, 2.45) is 5.73 Å². The molecule has 1 unspecified atom stereocenters. The van der Waals surface area contributed by atoms with Crippen LogP contribution >= 0.6 is 0 Å². The molecule has 0 spiro atoms. The van der Waals surface area contributed by atoms with Crippen LogP contribution in [-0.2, 0) is 6.42 Å². The molecular weight excluding hydrogens is 241 g/mol. The highest BCUT2D eigenvalue weighted by molar-refractivity contribution is 5.21. The molecule has 0 aliphatic heterocycles. The van der Waals surface area contributed by atoms with E-state index in [1.54, 1.807) is 0 Å². The molecule has 1 aromatic carbocycles. The average molecular weight is 252 g/mol. The monoisotopic (exact) mass is 252 g/mol. The van der Waals surface area contributed by atoms with Gasteiger partial charge in [0, 0.05) is 6.07 Å². The summed E-state index contributed by atoms with van der Waals surface area (Å²) < 4.78 is 38.7. The van der Waals surface area contributed by atoms with Crippen molar-refractivity contribution in [3.05, 3.63) is 65.2 Å². The molecule has 0 aliphatic carbocycles. The molecule has 1 heterocycles. The van der Waals surface area contributed by atoms with E-state index < -0.39 is 23.5 Å². The summed E-state index contributed by atoms with van der Waals surface area (Å²) in [6.07, 6.45) is 1.29. The fourth-order valence-corrected chi connectivity index (χ4v) is 1.69. The molecule has 0 saturated carbocycles. The van der Waals surface area contributed by atoms with Crippen molar-refractivity contribution >= 4 is 0 Å². The maximum atomic E-state index is 13.0. The zero-order valence-corrected chi connectivity index (χ0v) is 9.41. The maximum absolute atomic E-state index is 13.0. The molecular formula is C13H11F3N2. The number of halogens is 3. The summed E-state index contributed by atoms with van der Waals surface area (Å²) in [6.45, 7) is 0. The van der Waals surface area contributed by atoms with Crippen molar-refractivity contribution in [3.8, 4) is 0 Å². The minimum atomic E-state index is -0.649. The molecule has 2 nitrogen and oxygen atoms in total. The second-order valence-corrected chi connectivity index (χ2v) is 3.99. The molecule has 0 aliphatic rings. The number of nitrogens with zero attached hydrogens (tertiary/aromatic N) is 1. The molecule has 1 aromatic heterocycles. The Labute approximate surface area is 102 Å². The summed E-state index contributed by atoms with van der Waals surface area (Å²) in [5.74, 6) is -1.75. The Balaban J connectivity index is 2.15. The van der Waals surface area contributed by atoms with Crippen LogP contribution < -0.4 is 5.73 Å². The first-order valence-corrected chi connectivity index (χ1v) is 5.36. The van der Waals surface area contributed by atoms with Gasteiger partial charge in [-0.2, -0.15) is 0 Å². The van der Waals surface area contributed by atoms with Crippen LogP contribution in [0, 0.1) is 17.5 Å². The molecule has 0 amide bonds. The van der Waals surface area contributed by atoms with Gasteiger partial charge in [0.2, 0.25) is 0 Å². The van der Waals surface area contributed by atoms with E-state index in [9.17, 15) is 13.2 Å². The Morgan fingerprint density at radius 3 is 2.22 bits per heavy atom. The van der Waals surface area contributed by atoms with E-state index in [4.69, 9.17) is 5.73 Å². The quantitative estimate of drug-likeness (QED) is 0.912. The van der Waals surface area contributed by atoms with Crippen molar-refractivity contribution in [2.75, 3.05) is 0 Å². The fourth-order valence-electron chi connectivity index (χ4n) is 1.69. The zero-order chi connectivity index (χ0) is 13.1. The SMILES string of the molecule is NC(Cc1cc(F)cc(F)c1)c1ccc(F)cn1. The molecule has 2 N–H and O–H groups in total. The largest absolute Gasteiger partial charge is 0.322 e. The highest BCUT2D eigenvalue weighted by Crippen LogP contribution is 2.16. The maximum Gasteiger partial charge on any atom is 0.141 e. The number of pyridine rings is 1. The number of aromatic nitrogens is 1. The van der Waals surface area contributed by atoms with Gasteiger partial charge in [-0.1, -0.05) is 0 Å². The van der Waals surface area contributed by atoms with Crippen LogP contribution in [0.4, 0.5) is 13.2 Å². The summed E-state index contributed by atoms with van der Waals surface area (Å²) in [5, 5.41) is 0. The van der Waals surface area contributed by atoms with Crippen LogP contribution in [0.3, 0.4) is 0 Å². The van der Waals surface area contributed by atoms with E-state index in [2.05, 4.69) is 4.98 Å². The molecule has 94 valence electrons. The topological polar surface area (TPSA) is 38.9 Å². The van der Waals surface area contributed by atoms with E-state index in [-0.39, 0.29) is 6.42 Å². The van der Waals surface area contributed by atoms with E-state index in [1.165, 1.54) is 24.3 Å². The van der Waals surface area contributed by atoms with Crippen LogP contribution in [0.1, 0.15) is 17.3 Å². The van der Waals surface area contributed by atoms with Crippen molar-refractivity contribution < 1.29 is 13.2 Å². The highest BCUT2D eigenvalue weighted by atomic mass is 19.1. The van der Waals surface area contributed by atoms with Gasteiger partial charge in [0.25, 0.3) is 0 Å². The first kappa shape index (κ1) is 12.6. The minimum absolute atomic E-state index is 0.229. The van der Waals surface area contributed by atoms with Gasteiger partial charge in [-0.3, -0.25) is 4.98 Å². The van der Waals surface area contributed by atoms with Crippen molar-refractivity contribution in [1.29, 1.82) is 0 Å². The number of rotatable bonds is 3. The third-order valence-corrected chi connectivity index (χ3v) is 2.51. The smallest absolute Gasteiger partial charge is 0.141 e. The van der Waals surface area contributed by atoms with Crippen LogP contribution in [0.15, 0.2) is 36.5 Å². The number of hydrogen-bond acceptors (Lipinski definition) is 2. The lowest BCUT2D eigenvalue weighted by Gasteiger charge is -2.11. The van der Waals surface area contributed by atoms with Gasteiger partial charge < -0.3 is 5.73 Å². The summed E-state index contributed by atoms with van der Waals surface area (Å²) in [4.78, 5) is 3.83. The Morgan fingerprint density at radius 1 is 1.00 bits per heavy atom. The predicted molar refractivity (Wildman–Crippen MR) is 61.2 cm³/mol. The van der Waals surface area contributed by atoms with Gasteiger partial charge in [-0.05, 0) is 36.2 Å². The van der Waals surface area contributed by atoms with Gasteiger partial charge in [0.1, 0.15) is 17.5 Å². The molecule has 2 aromatic rings. The molecule has 1 atom stereocenters. The zero-order valence-electron chi connectivity index (χ0n) is 9.41. The van der Waals surface area contributed by atoms with Crippen LogP contribution in [0.25, 0.3) is 0 Å². The van der Waals surface area contributed by atoms with E-state index in [0.29, 0.717) is 11.3 Å². The number of nitrogens with two attached hydrogens (primary N) is 1. The first-order valence-electron chi connectivity index (χ1n) is 5.36. The third-order valence-electron chi connectivity index (χ3n) is 2.51. The first-order chi connectivity index (χ1) is 8.54. The normalized spacial score (nSPS) is 12.4. The molecule has 2 rings (SSSR count). The summed E-state index contributed by atoms with van der Waals surface area (Å²) in [5.41, 5.74) is 6.76. The highest BCUT2D eigenvalue weighted by Gasteiger charge is 2.10. The lowest BCUT2D eigenvalue weighted by atomic mass is 10.0. The summed E-state index contributed by atoms with van der Waals surface area (Å²) in [7, 11) is 0. The van der Waals surface area contributed by atoms with Crippen molar-refractivity contribution in [1.82, 2.24) is 4.98 Å². The molecule has 0 radical (unpaired) electrons. The van der Waals surface area contributed by atoms with Gasteiger partial charge >= 0.3 is 0 Å². The Kier molecular flexibility index (Phi) is 3.62. The molecule has 0 saturated heterocycles. The fraction of sp³-hybridized carbons (Fsp3) is 0.154. The van der Waals surface area contributed by atoms with E-state index in [0.717, 1.165) is 12.3 Å². The van der Waals surface area contributed by atoms with Crippen LogP contribution in [0.5, 0.6) is 0 Å². The van der Waals surface area contributed by atoms with Crippen LogP contribution in [0.2, 0.25) is 0 Å². The molecule has 5 heteroatoms. The van der Waals surface area contributed by atoms with Gasteiger partial charge in [-0.25, -0.2) is 13.2 Å². The molecule has 18 heavy (non-hydrogen) atoms. The lowest BCUT2D eigenvalue weighted by Crippen LogP contribution is -2.15. The van der Waals surface area contributed by atoms with Gasteiger partial charge in [0.15, 0.2) is 0 Å². The number of hydrogen-bond donors (Lipinski definition) is 1. The van der Waals surface area contributed by atoms with Gasteiger partial charge in [-0.15, -0.1) is 0 Å². The van der Waals surface area contributed by atoms with E-state index in [1.807, 2.05) is 0 Å². The molecule has 0 bridgehead atoms. The lowest BCUT2D eigenvalue weighted by molar-refractivity contribution is 0.575. The minimum Gasteiger partial charge on any atom is -0.322 e. The third kappa shape index (κ3) is 3.07. The van der Waals surface area contributed by atoms with Gasteiger partial charge in [0.05, 0.1) is 17.9 Å². The van der Waals surface area contributed by atoms with Crippen molar-refractivity contribution in [3.63, 3.8) is 0 Å². The van der Waals surface area contributed by atoms with Crippen molar-refractivity contribution in [2.45, 2.75) is 12.5 Å². The average Bonchev–Trinajstić information content (AvgIpc) is 2.28. The summed E-state index contributed by atoms with van der Waals surface area (Å²) >= 11 is 0. The summed E-state index contributed by atoms with van der Waals surface area (Å²) in [6, 6.07) is 5.39. The second-order valence-electron chi connectivity index (χ2n) is 3.99. The van der Waals surface area contributed by atoms with Crippen LogP contribution in [-0.4, -0.2) is 4.98 Å². The van der Waals surface area contributed by atoms with E-state index >= 15 is 0 Å². The second kappa shape index (κ2) is 5.18. The predicted octanol–water partition coefficient (Wildman–Crippen LogP) is 2.74. The standard InChI is InChI=1S/C13H11F3N2/c14-9-1-2-13(18-7-9)12(17)5-8-3-10(15)6-11(16)4-8/h1-4,6-7,12H,5,17H2. The Hall–Kier alpha value is -1.88.